The molecule has 31 heavy (non-hydrogen) atoms. The summed E-state index contributed by atoms with van der Waals surface area (Å²) in [6, 6.07) is 12.8. The van der Waals surface area contributed by atoms with Crippen LogP contribution < -0.4 is 10.3 Å². The quantitative estimate of drug-likeness (QED) is 0.405. The molecule has 1 aromatic carbocycles. The number of aromatic nitrogens is 2. The monoisotopic (exact) mass is 438 g/mol. The molecule has 8 heteroatoms. The van der Waals surface area contributed by atoms with Crippen LogP contribution in [0.2, 0.25) is 0 Å². The molecule has 0 aliphatic carbocycles. The van der Waals surface area contributed by atoms with Crippen LogP contribution in [0.4, 0.5) is 0 Å². The summed E-state index contributed by atoms with van der Waals surface area (Å²) in [5.74, 6) is 1.33. The Balaban J connectivity index is 1.82. The number of aryl methyl sites for hydroxylation is 1. The number of nitrogens with zero attached hydrogens (tertiary/aromatic N) is 2. The highest BCUT2D eigenvalue weighted by atomic mass is 32.1. The molecule has 7 nitrogen and oxygen atoms in total. The number of rotatable bonds is 7. The zero-order valence-corrected chi connectivity index (χ0v) is 18.3. The predicted molar refractivity (Wildman–Crippen MR) is 118 cm³/mol. The molecule has 0 fully saturated rings. The maximum Gasteiger partial charge on any atom is 0.373 e. The molecule has 0 saturated heterocycles. The normalized spacial score (nSPS) is 11.1. The standard InChI is InChI=1S/C23H22N2O5S/c1-4-16-12-17-21(31-16)24-20(11-14-7-5-6-8-18(14)28-2)25(22(17)26)13-15-9-10-19(30-15)23(27)29-3/h5-10,12H,4,11,13H2,1-3H3. The molecular weight excluding hydrogens is 416 g/mol. The van der Waals surface area contributed by atoms with Crippen molar-refractivity contribution >= 4 is 27.5 Å². The molecule has 0 amide bonds. The Bertz CT molecular complexity index is 1300. The second-order valence-electron chi connectivity index (χ2n) is 6.95. The predicted octanol–water partition coefficient (Wildman–Crippen LogP) is 4.05. The topological polar surface area (TPSA) is 83.6 Å². The fourth-order valence-corrected chi connectivity index (χ4v) is 4.41. The third kappa shape index (κ3) is 4.11. The number of esters is 1. The van der Waals surface area contributed by atoms with Gasteiger partial charge in [-0.2, -0.15) is 0 Å². The van der Waals surface area contributed by atoms with Crippen molar-refractivity contribution in [2.45, 2.75) is 26.3 Å². The summed E-state index contributed by atoms with van der Waals surface area (Å²) in [6.45, 7) is 2.21. The maximum absolute atomic E-state index is 13.4. The van der Waals surface area contributed by atoms with Gasteiger partial charge in [0.2, 0.25) is 5.76 Å². The number of thiophene rings is 1. The first-order valence-corrected chi connectivity index (χ1v) is 10.7. The van der Waals surface area contributed by atoms with Gasteiger partial charge in [-0.05, 0) is 30.7 Å². The van der Waals surface area contributed by atoms with Crippen LogP contribution in [0, 0.1) is 0 Å². The summed E-state index contributed by atoms with van der Waals surface area (Å²) in [6.07, 6.45) is 1.25. The number of hydrogen-bond acceptors (Lipinski definition) is 7. The molecule has 0 aliphatic rings. The molecule has 0 unspecified atom stereocenters. The van der Waals surface area contributed by atoms with E-state index in [0.29, 0.717) is 23.4 Å². The molecule has 0 spiro atoms. The molecule has 3 aromatic heterocycles. The van der Waals surface area contributed by atoms with E-state index in [9.17, 15) is 9.59 Å². The molecule has 4 rings (SSSR count). The lowest BCUT2D eigenvalue weighted by Crippen LogP contribution is -2.25. The lowest BCUT2D eigenvalue weighted by molar-refractivity contribution is 0.0563. The van der Waals surface area contributed by atoms with E-state index < -0.39 is 5.97 Å². The SMILES string of the molecule is CCc1cc2c(=O)n(Cc3ccc(C(=O)OC)o3)c(Cc3ccccc3OC)nc2s1. The number of methoxy groups -OCH3 is 2. The smallest absolute Gasteiger partial charge is 0.373 e. The van der Waals surface area contributed by atoms with E-state index in [1.165, 1.54) is 24.5 Å². The Morgan fingerprint density at radius 1 is 1.19 bits per heavy atom. The summed E-state index contributed by atoms with van der Waals surface area (Å²) in [7, 11) is 2.91. The summed E-state index contributed by atoms with van der Waals surface area (Å²) < 4.78 is 17.4. The van der Waals surface area contributed by atoms with Crippen molar-refractivity contribution in [3.8, 4) is 5.75 Å². The molecule has 0 aliphatic heterocycles. The van der Waals surface area contributed by atoms with Crippen LogP contribution in [0.5, 0.6) is 5.75 Å². The van der Waals surface area contributed by atoms with E-state index in [0.717, 1.165) is 27.4 Å². The fourth-order valence-electron chi connectivity index (χ4n) is 3.43. The maximum atomic E-state index is 13.4. The Hall–Kier alpha value is -3.39. The zero-order chi connectivity index (χ0) is 22.0. The highest BCUT2D eigenvalue weighted by molar-refractivity contribution is 7.18. The fraction of sp³-hybridized carbons (Fsp3) is 0.261. The number of fused-ring (bicyclic) bond motifs is 1. The Labute approximate surface area is 182 Å². The molecule has 3 heterocycles. The number of para-hydroxylation sites is 1. The van der Waals surface area contributed by atoms with Crippen LogP contribution in [-0.2, 0) is 24.1 Å². The summed E-state index contributed by atoms with van der Waals surface area (Å²) in [4.78, 5) is 31.8. The van der Waals surface area contributed by atoms with E-state index in [-0.39, 0.29) is 17.9 Å². The minimum absolute atomic E-state index is 0.0923. The van der Waals surface area contributed by atoms with Crippen LogP contribution >= 0.6 is 11.3 Å². The van der Waals surface area contributed by atoms with Crippen LogP contribution in [0.3, 0.4) is 0 Å². The largest absolute Gasteiger partial charge is 0.496 e. The average Bonchev–Trinajstić information content (AvgIpc) is 3.43. The third-order valence-electron chi connectivity index (χ3n) is 5.03. The van der Waals surface area contributed by atoms with Gasteiger partial charge in [0.1, 0.15) is 22.2 Å². The van der Waals surface area contributed by atoms with Crippen molar-refractivity contribution in [1.29, 1.82) is 0 Å². The molecule has 4 aromatic rings. The molecule has 0 N–H and O–H groups in total. The molecule has 0 saturated carbocycles. The lowest BCUT2D eigenvalue weighted by atomic mass is 10.1. The Kier molecular flexibility index (Phi) is 5.90. The van der Waals surface area contributed by atoms with Gasteiger partial charge >= 0.3 is 5.97 Å². The second-order valence-corrected chi connectivity index (χ2v) is 8.07. The van der Waals surface area contributed by atoms with Crippen molar-refractivity contribution in [3.05, 3.63) is 80.6 Å². The molecule has 160 valence electrons. The van der Waals surface area contributed by atoms with Gasteiger partial charge in [-0.1, -0.05) is 25.1 Å². The van der Waals surface area contributed by atoms with Crippen LogP contribution in [0.15, 0.2) is 51.7 Å². The first-order valence-electron chi connectivity index (χ1n) is 9.85. The van der Waals surface area contributed by atoms with E-state index >= 15 is 0 Å². The van der Waals surface area contributed by atoms with Gasteiger partial charge in [0.25, 0.3) is 5.56 Å². The minimum atomic E-state index is -0.563. The highest BCUT2D eigenvalue weighted by Gasteiger charge is 2.18. The third-order valence-corrected chi connectivity index (χ3v) is 6.21. The number of ether oxygens (including phenoxy) is 2. The van der Waals surface area contributed by atoms with Crippen molar-refractivity contribution in [3.63, 3.8) is 0 Å². The summed E-state index contributed by atoms with van der Waals surface area (Å²) in [5, 5.41) is 0.588. The number of carbonyl (C=O) groups excluding carboxylic acids is 1. The minimum Gasteiger partial charge on any atom is -0.496 e. The lowest BCUT2D eigenvalue weighted by Gasteiger charge is -2.13. The first-order chi connectivity index (χ1) is 15.0. The second kappa shape index (κ2) is 8.77. The van der Waals surface area contributed by atoms with Crippen LogP contribution in [0.25, 0.3) is 10.2 Å². The van der Waals surface area contributed by atoms with Gasteiger partial charge in [-0.15, -0.1) is 11.3 Å². The molecular formula is C23H22N2O5S. The van der Waals surface area contributed by atoms with Crippen LogP contribution in [0.1, 0.15) is 39.5 Å². The van der Waals surface area contributed by atoms with E-state index in [2.05, 4.69) is 6.92 Å². The van der Waals surface area contributed by atoms with E-state index in [1.54, 1.807) is 17.7 Å². The zero-order valence-electron chi connectivity index (χ0n) is 17.5. The van der Waals surface area contributed by atoms with Gasteiger partial charge in [-0.3, -0.25) is 9.36 Å². The van der Waals surface area contributed by atoms with Crippen molar-refractivity contribution < 1.29 is 18.7 Å². The number of benzene rings is 1. The molecule has 0 bridgehead atoms. The number of carbonyl (C=O) groups is 1. The van der Waals surface area contributed by atoms with Gasteiger partial charge < -0.3 is 13.9 Å². The number of hydrogen-bond donors (Lipinski definition) is 0. The average molecular weight is 439 g/mol. The Morgan fingerprint density at radius 2 is 2.00 bits per heavy atom. The van der Waals surface area contributed by atoms with Crippen molar-refractivity contribution in [1.82, 2.24) is 9.55 Å². The summed E-state index contributed by atoms with van der Waals surface area (Å²) in [5.41, 5.74) is 0.786. The molecule has 0 atom stereocenters. The van der Waals surface area contributed by atoms with Crippen molar-refractivity contribution in [2.75, 3.05) is 14.2 Å². The van der Waals surface area contributed by atoms with E-state index in [4.69, 9.17) is 18.9 Å². The summed E-state index contributed by atoms with van der Waals surface area (Å²) >= 11 is 1.53. The molecule has 0 radical (unpaired) electrons. The van der Waals surface area contributed by atoms with Gasteiger partial charge in [-0.25, -0.2) is 9.78 Å². The highest BCUT2D eigenvalue weighted by Crippen LogP contribution is 2.25. The van der Waals surface area contributed by atoms with Crippen molar-refractivity contribution in [2.24, 2.45) is 0 Å². The van der Waals surface area contributed by atoms with Gasteiger partial charge in [0.05, 0.1) is 26.2 Å². The van der Waals surface area contributed by atoms with E-state index in [1.807, 2.05) is 30.3 Å². The van der Waals surface area contributed by atoms with Gasteiger partial charge in [0.15, 0.2) is 0 Å². The number of furan rings is 1. The van der Waals surface area contributed by atoms with Crippen LogP contribution in [-0.4, -0.2) is 29.7 Å². The first kappa shape index (κ1) is 20.9. The Morgan fingerprint density at radius 3 is 2.74 bits per heavy atom. The van der Waals surface area contributed by atoms with Gasteiger partial charge in [0, 0.05) is 16.9 Å².